The topological polar surface area (TPSA) is 94.5 Å². The Labute approximate surface area is 186 Å². The molecule has 164 valence electrons. The van der Waals surface area contributed by atoms with E-state index in [1.807, 2.05) is 6.07 Å². The van der Waals surface area contributed by atoms with Crippen molar-refractivity contribution in [2.75, 3.05) is 26.1 Å². The van der Waals surface area contributed by atoms with E-state index >= 15 is 0 Å². The molecule has 1 heterocycles. The van der Waals surface area contributed by atoms with Crippen molar-refractivity contribution in [2.45, 2.75) is 6.92 Å². The van der Waals surface area contributed by atoms with Crippen LogP contribution in [0.5, 0.6) is 11.5 Å². The molecule has 0 radical (unpaired) electrons. The summed E-state index contributed by atoms with van der Waals surface area (Å²) >= 11 is 0. The maximum atomic E-state index is 12.6. The summed E-state index contributed by atoms with van der Waals surface area (Å²) < 4.78 is 12.2. The van der Waals surface area contributed by atoms with E-state index in [1.165, 1.54) is 11.6 Å². The molecule has 0 aliphatic rings. The van der Waals surface area contributed by atoms with Crippen molar-refractivity contribution in [2.24, 2.45) is 7.05 Å². The zero-order valence-electron chi connectivity index (χ0n) is 18.4. The number of benzene rings is 2. The predicted molar refractivity (Wildman–Crippen MR) is 122 cm³/mol. The lowest BCUT2D eigenvalue weighted by Crippen LogP contribution is -2.25. The predicted octanol–water partition coefficient (Wildman–Crippen LogP) is 2.84. The number of carbonyl (C=O) groups is 2. The number of nitrogens with zero attached hydrogens (tertiary/aromatic N) is 2. The van der Waals surface area contributed by atoms with Crippen LogP contribution in [0.2, 0.25) is 0 Å². The van der Waals surface area contributed by atoms with Gasteiger partial charge in [0.1, 0.15) is 17.2 Å². The number of rotatable bonds is 6. The Kier molecular flexibility index (Phi) is 7.13. The van der Waals surface area contributed by atoms with Crippen LogP contribution < -0.4 is 20.1 Å². The summed E-state index contributed by atoms with van der Waals surface area (Å²) in [6.07, 6.45) is 0. The minimum absolute atomic E-state index is 0.130. The Morgan fingerprint density at radius 2 is 1.81 bits per heavy atom. The SMILES string of the molecule is COc1ccc(OC)c(-c2cc(C(=O)NCC#Cc3ccc(NC(C)=O)cc3)n(C)n2)c1. The number of hydrogen-bond acceptors (Lipinski definition) is 5. The van der Waals surface area contributed by atoms with Crippen LogP contribution in [0, 0.1) is 11.8 Å². The van der Waals surface area contributed by atoms with Crippen LogP contribution in [-0.2, 0) is 11.8 Å². The number of aryl methyl sites for hydroxylation is 1. The number of aromatic nitrogens is 2. The molecule has 0 bridgehead atoms. The molecule has 8 heteroatoms. The van der Waals surface area contributed by atoms with E-state index in [2.05, 4.69) is 27.6 Å². The first-order valence-corrected chi connectivity index (χ1v) is 9.82. The van der Waals surface area contributed by atoms with E-state index in [4.69, 9.17) is 9.47 Å². The quantitative estimate of drug-likeness (QED) is 0.584. The number of ether oxygens (including phenoxy) is 2. The first-order valence-electron chi connectivity index (χ1n) is 9.82. The molecule has 0 fully saturated rings. The highest BCUT2D eigenvalue weighted by Gasteiger charge is 2.17. The molecule has 0 saturated carbocycles. The van der Waals surface area contributed by atoms with Gasteiger partial charge in [0.15, 0.2) is 0 Å². The average Bonchev–Trinajstić information content (AvgIpc) is 3.18. The van der Waals surface area contributed by atoms with E-state index in [9.17, 15) is 9.59 Å². The maximum absolute atomic E-state index is 12.6. The van der Waals surface area contributed by atoms with Crippen LogP contribution in [0.1, 0.15) is 23.0 Å². The van der Waals surface area contributed by atoms with Gasteiger partial charge in [0, 0.05) is 30.8 Å². The number of amides is 2. The van der Waals surface area contributed by atoms with Crippen molar-refractivity contribution in [3.8, 4) is 34.6 Å². The fraction of sp³-hybridized carbons (Fsp3) is 0.208. The highest BCUT2D eigenvalue weighted by atomic mass is 16.5. The van der Waals surface area contributed by atoms with Gasteiger partial charge in [-0.1, -0.05) is 11.8 Å². The number of methoxy groups -OCH3 is 2. The molecular formula is C24H24N4O4. The number of anilines is 1. The lowest BCUT2D eigenvalue weighted by atomic mass is 10.1. The summed E-state index contributed by atoms with van der Waals surface area (Å²) in [7, 11) is 4.86. The van der Waals surface area contributed by atoms with E-state index in [0.29, 0.717) is 28.6 Å². The molecule has 3 aromatic rings. The first kappa shape index (κ1) is 22.4. The number of carbonyl (C=O) groups excluding carboxylic acids is 2. The molecule has 0 saturated heterocycles. The van der Waals surface area contributed by atoms with Gasteiger partial charge in [0.25, 0.3) is 5.91 Å². The van der Waals surface area contributed by atoms with Crippen LogP contribution in [0.15, 0.2) is 48.5 Å². The highest BCUT2D eigenvalue weighted by molar-refractivity contribution is 5.94. The van der Waals surface area contributed by atoms with Gasteiger partial charge in [-0.2, -0.15) is 5.10 Å². The number of nitrogens with one attached hydrogen (secondary N) is 2. The standard InChI is InChI=1S/C24H24N4O4/c1-16(29)26-18-9-7-17(8-10-18)6-5-13-25-24(30)22-15-21(27-28(22)2)20-14-19(31-3)11-12-23(20)32-4/h7-12,14-15H,13H2,1-4H3,(H,25,30)(H,26,29). The summed E-state index contributed by atoms with van der Waals surface area (Å²) in [6, 6.07) is 14.2. The van der Waals surface area contributed by atoms with Gasteiger partial charge in [-0.05, 0) is 48.5 Å². The maximum Gasteiger partial charge on any atom is 0.270 e. The molecule has 0 spiro atoms. The van der Waals surface area contributed by atoms with Crippen LogP contribution in [0.4, 0.5) is 5.69 Å². The summed E-state index contributed by atoms with van der Waals surface area (Å²) in [5.74, 6) is 6.77. The molecular weight excluding hydrogens is 408 g/mol. The fourth-order valence-electron chi connectivity index (χ4n) is 3.03. The van der Waals surface area contributed by atoms with Crippen molar-refractivity contribution < 1.29 is 19.1 Å². The Morgan fingerprint density at radius 3 is 2.47 bits per heavy atom. The van der Waals surface area contributed by atoms with Gasteiger partial charge in [-0.3, -0.25) is 14.3 Å². The normalized spacial score (nSPS) is 10.0. The van der Waals surface area contributed by atoms with Crippen LogP contribution in [0.3, 0.4) is 0 Å². The molecule has 0 unspecified atom stereocenters. The minimum atomic E-state index is -0.289. The summed E-state index contributed by atoms with van der Waals surface area (Å²) in [4.78, 5) is 23.7. The number of hydrogen-bond donors (Lipinski definition) is 2. The molecule has 1 aromatic heterocycles. The first-order chi connectivity index (χ1) is 15.4. The van der Waals surface area contributed by atoms with E-state index in [1.54, 1.807) is 63.7 Å². The molecule has 3 rings (SSSR count). The van der Waals surface area contributed by atoms with Crippen LogP contribution in [0.25, 0.3) is 11.3 Å². The zero-order chi connectivity index (χ0) is 23.1. The lowest BCUT2D eigenvalue weighted by Gasteiger charge is -2.08. The van der Waals surface area contributed by atoms with Gasteiger partial charge in [-0.15, -0.1) is 0 Å². The van der Waals surface area contributed by atoms with E-state index < -0.39 is 0 Å². The Bertz CT molecular complexity index is 1190. The monoisotopic (exact) mass is 432 g/mol. The van der Waals surface area contributed by atoms with Crippen LogP contribution in [-0.4, -0.2) is 42.4 Å². The van der Waals surface area contributed by atoms with Gasteiger partial charge < -0.3 is 20.1 Å². The average molecular weight is 432 g/mol. The van der Waals surface area contributed by atoms with Gasteiger partial charge in [0.05, 0.1) is 26.5 Å². The van der Waals surface area contributed by atoms with Crippen molar-refractivity contribution in [1.82, 2.24) is 15.1 Å². The van der Waals surface area contributed by atoms with E-state index in [-0.39, 0.29) is 18.4 Å². The molecule has 0 atom stereocenters. The van der Waals surface area contributed by atoms with Crippen molar-refractivity contribution in [1.29, 1.82) is 0 Å². The summed E-state index contributed by atoms with van der Waals surface area (Å²) in [5.41, 5.74) is 3.20. The molecule has 0 aliphatic heterocycles. The van der Waals surface area contributed by atoms with Gasteiger partial charge >= 0.3 is 0 Å². The van der Waals surface area contributed by atoms with Crippen molar-refractivity contribution in [3.63, 3.8) is 0 Å². The molecule has 2 N–H and O–H groups in total. The van der Waals surface area contributed by atoms with Gasteiger partial charge in [-0.25, -0.2) is 0 Å². The Hall–Kier alpha value is -4.25. The van der Waals surface area contributed by atoms with Crippen LogP contribution >= 0.6 is 0 Å². The largest absolute Gasteiger partial charge is 0.497 e. The third kappa shape index (κ3) is 5.46. The van der Waals surface area contributed by atoms with Crippen molar-refractivity contribution >= 4 is 17.5 Å². The zero-order valence-corrected chi connectivity index (χ0v) is 18.4. The molecule has 8 nitrogen and oxygen atoms in total. The summed E-state index contributed by atoms with van der Waals surface area (Å²) in [5, 5.41) is 9.92. The second-order valence-electron chi connectivity index (χ2n) is 6.85. The molecule has 0 aliphatic carbocycles. The smallest absolute Gasteiger partial charge is 0.270 e. The summed E-state index contributed by atoms with van der Waals surface area (Å²) in [6.45, 7) is 1.63. The highest BCUT2D eigenvalue weighted by Crippen LogP contribution is 2.32. The minimum Gasteiger partial charge on any atom is -0.497 e. The van der Waals surface area contributed by atoms with E-state index in [0.717, 1.165) is 11.1 Å². The molecule has 2 amide bonds. The lowest BCUT2D eigenvalue weighted by molar-refractivity contribution is -0.114. The Balaban J connectivity index is 1.67. The fourth-order valence-corrected chi connectivity index (χ4v) is 3.03. The third-order valence-corrected chi connectivity index (χ3v) is 4.57. The van der Waals surface area contributed by atoms with Gasteiger partial charge in [0.2, 0.25) is 5.91 Å². The Morgan fingerprint density at radius 1 is 1.06 bits per heavy atom. The van der Waals surface area contributed by atoms with Crippen molar-refractivity contribution in [3.05, 3.63) is 59.8 Å². The molecule has 32 heavy (non-hydrogen) atoms. The second kappa shape index (κ2) is 10.2. The molecule has 2 aromatic carbocycles. The third-order valence-electron chi connectivity index (χ3n) is 4.57. The second-order valence-corrected chi connectivity index (χ2v) is 6.85.